The molecule has 0 aromatic rings. The number of amides is 1. The Balaban J connectivity index is 1.52. The molecule has 184 valence electrons. The van der Waals surface area contributed by atoms with Crippen LogP contribution in [0, 0.1) is 11.8 Å². The van der Waals surface area contributed by atoms with Crippen molar-refractivity contribution >= 4 is 11.7 Å². The van der Waals surface area contributed by atoms with Crippen LogP contribution in [0.15, 0.2) is 12.2 Å². The summed E-state index contributed by atoms with van der Waals surface area (Å²) in [5.74, 6) is 0.949. The molecule has 1 aliphatic carbocycles. The Hall–Kier alpha value is -1.24. The van der Waals surface area contributed by atoms with Crippen molar-refractivity contribution in [3.8, 4) is 0 Å². The van der Waals surface area contributed by atoms with E-state index in [0.29, 0.717) is 31.1 Å². The van der Waals surface area contributed by atoms with E-state index in [0.717, 1.165) is 97.1 Å². The molecule has 1 amide bonds. The minimum absolute atomic E-state index is 0.123. The minimum Gasteiger partial charge on any atom is -0.389 e. The summed E-state index contributed by atoms with van der Waals surface area (Å²) >= 11 is 0. The Morgan fingerprint density at radius 3 is 2.75 bits per heavy atom. The predicted octanol–water partition coefficient (Wildman–Crippen LogP) is 3.87. The van der Waals surface area contributed by atoms with E-state index in [1.54, 1.807) is 0 Å². The molecule has 2 aliphatic rings. The molecule has 1 aliphatic heterocycles. The first-order valence-electron chi connectivity index (χ1n) is 13.1. The van der Waals surface area contributed by atoms with Crippen molar-refractivity contribution in [2.24, 2.45) is 11.8 Å². The molecule has 2 fully saturated rings. The number of carbonyl (C=O) groups is 2. The number of aliphatic hydroxyl groups is 1. The van der Waals surface area contributed by atoms with Gasteiger partial charge in [-0.2, -0.15) is 0 Å². The van der Waals surface area contributed by atoms with Gasteiger partial charge in [0.15, 0.2) is 0 Å². The number of hydrogen-bond donors (Lipinski definition) is 2. The number of ketones is 1. The maximum atomic E-state index is 12.3. The SMILES string of the molecule is CCCCC[C@@H](O)/C=C/[C@H]1CCC(=O)[C@@H]1CCCCCCC(=O)NCCN1CCOCC1. The lowest BCUT2D eigenvalue weighted by Crippen LogP contribution is -2.41. The van der Waals surface area contributed by atoms with E-state index in [4.69, 9.17) is 4.74 Å². The second-order valence-corrected chi connectivity index (χ2v) is 9.48. The Morgan fingerprint density at radius 2 is 1.97 bits per heavy atom. The number of ether oxygens (including phenoxy) is 1. The molecule has 0 aromatic heterocycles. The van der Waals surface area contributed by atoms with Gasteiger partial charge in [-0.05, 0) is 31.6 Å². The Bertz CT molecular complexity index is 560. The molecule has 0 unspecified atom stereocenters. The number of unbranched alkanes of at least 4 members (excludes halogenated alkanes) is 5. The number of nitrogens with one attached hydrogen (secondary N) is 1. The fourth-order valence-corrected chi connectivity index (χ4v) is 4.78. The number of Topliss-reactive ketones (excluding diaryl/α,β-unsaturated/α-hetero) is 1. The fraction of sp³-hybridized carbons (Fsp3) is 0.846. The van der Waals surface area contributed by atoms with Crippen LogP contribution in [0.3, 0.4) is 0 Å². The summed E-state index contributed by atoms with van der Waals surface area (Å²) in [5, 5.41) is 13.1. The lowest BCUT2D eigenvalue weighted by molar-refractivity contribution is -0.122. The van der Waals surface area contributed by atoms with Crippen LogP contribution >= 0.6 is 0 Å². The van der Waals surface area contributed by atoms with Crippen molar-refractivity contribution in [3.63, 3.8) is 0 Å². The summed E-state index contributed by atoms with van der Waals surface area (Å²) in [6.07, 6.45) is 15.0. The predicted molar refractivity (Wildman–Crippen MR) is 128 cm³/mol. The molecule has 0 aromatic carbocycles. The smallest absolute Gasteiger partial charge is 0.220 e. The largest absolute Gasteiger partial charge is 0.389 e. The molecule has 32 heavy (non-hydrogen) atoms. The number of nitrogens with zero attached hydrogens (tertiary/aromatic N) is 1. The molecule has 3 atom stereocenters. The lowest BCUT2D eigenvalue weighted by atomic mass is 9.89. The number of hydrogen-bond acceptors (Lipinski definition) is 5. The Morgan fingerprint density at radius 1 is 1.19 bits per heavy atom. The highest BCUT2D eigenvalue weighted by atomic mass is 16.5. The quantitative estimate of drug-likeness (QED) is 0.276. The van der Waals surface area contributed by atoms with Crippen LogP contribution < -0.4 is 5.32 Å². The van der Waals surface area contributed by atoms with Crippen molar-refractivity contribution in [2.45, 2.75) is 90.1 Å². The van der Waals surface area contributed by atoms with Gasteiger partial charge in [0.2, 0.25) is 5.91 Å². The zero-order valence-corrected chi connectivity index (χ0v) is 20.2. The van der Waals surface area contributed by atoms with Crippen molar-refractivity contribution < 1.29 is 19.4 Å². The van der Waals surface area contributed by atoms with Gasteiger partial charge in [-0.1, -0.05) is 57.6 Å². The second-order valence-electron chi connectivity index (χ2n) is 9.48. The molecule has 6 nitrogen and oxygen atoms in total. The van der Waals surface area contributed by atoms with E-state index < -0.39 is 0 Å². The van der Waals surface area contributed by atoms with Crippen molar-refractivity contribution in [2.75, 3.05) is 39.4 Å². The number of morpholine rings is 1. The van der Waals surface area contributed by atoms with Crippen molar-refractivity contribution in [1.29, 1.82) is 0 Å². The van der Waals surface area contributed by atoms with Gasteiger partial charge in [0.05, 0.1) is 19.3 Å². The zero-order chi connectivity index (χ0) is 23.0. The molecular formula is C26H46N2O4. The molecule has 1 saturated heterocycles. The number of allylic oxidation sites excluding steroid dienone is 1. The highest BCUT2D eigenvalue weighted by Crippen LogP contribution is 2.34. The first-order chi connectivity index (χ1) is 15.6. The standard InChI is InChI=1S/C26H46N2O4/c1-2-3-6-9-23(29)14-12-22-13-15-25(30)24(22)10-7-4-5-8-11-26(31)27-16-17-28-18-20-32-21-19-28/h12,14,22-24,29H,2-11,13,15-21H2,1H3,(H,27,31)/b14-12+/t22-,23+,24+/m0/s1. The van der Waals surface area contributed by atoms with E-state index in [-0.39, 0.29) is 17.9 Å². The summed E-state index contributed by atoms with van der Waals surface area (Å²) in [7, 11) is 0. The van der Waals surface area contributed by atoms with Gasteiger partial charge < -0.3 is 15.2 Å². The lowest BCUT2D eigenvalue weighted by Gasteiger charge is -2.26. The first-order valence-corrected chi connectivity index (χ1v) is 13.1. The number of aliphatic hydroxyl groups excluding tert-OH is 1. The summed E-state index contributed by atoms with van der Waals surface area (Å²) in [6, 6.07) is 0. The van der Waals surface area contributed by atoms with Gasteiger partial charge in [0.25, 0.3) is 0 Å². The van der Waals surface area contributed by atoms with Crippen LogP contribution in [-0.2, 0) is 14.3 Å². The zero-order valence-electron chi connectivity index (χ0n) is 20.2. The molecule has 0 spiro atoms. The third-order valence-corrected chi connectivity index (χ3v) is 6.86. The second kappa shape index (κ2) is 16.4. The number of rotatable bonds is 16. The number of carbonyl (C=O) groups excluding carboxylic acids is 2. The first kappa shape index (κ1) is 27.0. The van der Waals surface area contributed by atoms with Crippen LogP contribution in [0.2, 0.25) is 0 Å². The van der Waals surface area contributed by atoms with Crippen molar-refractivity contribution in [3.05, 3.63) is 12.2 Å². The van der Waals surface area contributed by atoms with Crippen LogP contribution in [0.25, 0.3) is 0 Å². The van der Waals surface area contributed by atoms with E-state index in [9.17, 15) is 14.7 Å². The topological polar surface area (TPSA) is 78.9 Å². The third kappa shape index (κ3) is 11.1. The average molecular weight is 451 g/mol. The highest BCUT2D eigenvalue weighted by molar-refractivity contribution is 5.83. The summed E-state index contributed by atoms with van der Waals surface area (Å²) in [4.78, 5) is 26.6. The summed E-state index contributed by atoms with van der Waals surface area (Å²) in [6.45, 7) is 7.27. The van der Waals surface area contributed by atoms with Crippen LogP contribution in [0.1, 0.15) is 84.0 Å². The van der Waals surface area contributed by atoms with Crippen LogP contribution in [0.4, 0.5) is 0 Å². The van der Waals surface area contributed by atoms with Crippen LogP contribution in [0.5, 0.6) is 0 Å². The monoisotopic (exact) mass is 450 g/mol. The maximum Gasteiger partial charge on any atom is 0.220 e. The molecule has 6 heteroatoms. The molecule has 0 bridgehead atoms. The van der Waals surface area contributed by atoms with Crippen LogP contribution in [-0.4, -0.2) is 67.2 Å². The molecular weight excluding hydrogens is 404 g/mol. The van der Waals surface area contributed by atoms with Gasteiger partial charge in [-0.3, -0.25) is 14.5 Å². The van der Waals surface area contributed by atoms with E-state index in [1.165, 1.54) is 0 Å². The Kier molecular flexibility index (Phi) is 13.8. The summed E-state index contributed by atoms with van der Waals surface area (Å²) < 4.78 is 5.33. The normalized spacial score (nSPS) is 23.1. The third-order valence-electron chi connectivity index (χ3n) is 6.86. The van der Waals surface area contributed by atoms with Gasteiger partial charge in [0, 0.05) is 44.9 Å². The molecule has 1 heterocycles. The average Bonchev–Trinajstić information content (AvgIpc) is 3.15. The van der Waals surface area contributed by atoms with Gasteiger partial charge in [-0.25, -0.2) is 0 Å². The fourth-order valence-electron chi connectivity index (χ4n) is 4.78. The van der Waals surface area contributed by atoms with Crippen molar-refractivity contribution in [1.82, 2.24) is 10.2 Å². The molecule has 2 rings (SSSR count). The maximum absolute atomic E-state index is 12.3. The van der Waals surface area contributed by atoms with Gasteiger partial charge >= 0.3 is 0 Å². The van der Waals surface area contributed by atoms with E-state index in [1.807, 2.05) is 6.08 Å². The Labute approximate surface area is 195 Å². The molecule has 0 radical (unpaired) electrons. The minimum atomic E-state index is -0.377. The van der Waals surface area contributed by atoms with Gasteiger partial charge in [-0.15, -0.1) is 0 Å². The molecule has 2 N–H and O–H groups in total. The van der Waals surface area contributed by atoms with E-state index in [2.05, 4.69) is 23.2 Å². The summed E-state index contributed by atoms with van der Waals surface area (Å²) in [5.41, 5.74) is 0. The van der Waals surface area contributed by atoms with Gasteiger partial charge in [0.1, 0.15) is 5.78 Å². The van der Waals surface area contributed by atoms with E-state index >= 15 is 0 Å². The highest BCUT2D eigenvalue weighted by Gasteiger charge is 2.32. The molecule has 1 saturated carbocycles.